The molecule has 1 saturated heterocycles. The highest BCUT2D eigenvalue weighted by atomic mass is 16.2. The number of hydrogen-bond donors (Lipinski definition) is 2. The molecule has 8 heteroatoms. The van der Waals surface area contributed by atoms with E-state index in [0.29, 0.717) is 29.7 Å². The largest absolute Gasteiger partial charge is 0.336 e. The lowest BCUT2D eigenvalue weighted by molar-refractivity contribution is -0.116. The number of para-hydroxylation sites is 1. The number of aryl methyl sites for hydroxylation is 2. The normalized spacial score (nSPS) is 13.6. The van der Waals surface area contributed by atoms with Crippen LogP contribution in [-0.4, -0.2) is 34.6 Å². The van der Waals surface area contributed by atoms with E-state index in [1.54, 1.807) is 29.2 Å². The number of aromatic nitrogens is 2. The van der Waals surface area contributed by atoms with Gasteiger partial charge in [0, 0.05) is 37.4 Å². The van der Waals surface area contributed by atoms with Gasteiger partial charge in [-0.05, 0) is 36.8 Å². The minimum atomic E-state index is -0.218. The minimum absolute atomic E-state index is 0.132. The van der Waals surface area contributed by atoms with Crippen molar-refractivity contribution in [2.24, 2.45) is 0 Å². The molecular weight excluding hydrogens is 370 g/mol. The van der Waals surface area contributed by atoms with Crippen LogP contribution in [0.1, 0.15) is 12.0 Å². The quantitative estimate of drug-likeness (QED) is 0.697. The van der Waals surface area contributed by atoms with E-state index in [9.17, 15) is 14.4 Å². The number of carbonyl (C=O) groups is 2. The predicted molar refractivity (Wildman–Crippen MR) is 111 cm³/mol. The standard InChI is InChI=1S/C21H21N5O3/c1-14-4-2-7-17-19(14)23-13-25(20(17)28)10-8-18(27)24-15-5-3-6-16(12-15)26-11-9-22-21(26)29/h2-7,12-13H,8-11H2,1H3,(H,22,29)(H,24,27). The van der Waals surface area contributed by atoms with Crippen LogP contribution in [0.4, 0.5) is 16.2 Å². The molecule has 0 unspecified atom stereocenters. The topological polar surface area (TPSA) is 96.3 Å². The van der Waals surface area contributed by atoms with Gasteiger partial charge in [0.15, 0.2) is 0 Å². The summed E-state index contributed by atoms with van der Waals surface area (Å²) in [7, 11) is 0. The second-order valence-corrected chi connectivity index (χ2v) is 6.95. The van der Waals surface area contributed by atoms with Gasteiger partial charge in [0.1, 0.15) is 0 Å². The number of hydrogen-bond acceptors (Lipinski definition) is 4. The van der Waals surface area contributed by atoms with Gasteiger partial charge in [-0.1, -0.05) is 18.2 Å². The molecule has 1 aliphatic heterocycles. The van der Waals surface area contributed by atoms with Crippen LogP contribution < -0.4 is 21.1 Å². The monoisotopic (exact) mass is 391 g/mol. The zero-order valence-electron chi connectivity index (χ0n) is 16.0. The number of rotatable bonds is 5. The second kappa shape index (κ2) is 7.75. The Morgan fingerprint density at radius 2 is 2.03 bits per heavy atom. The zero-order valence-corrected chi connectivity index (χ0v) is 16.0. The van der Waals surface area contributed by atoms with Gasteiger partial charge in [-0.25, -0.2) is 9.78 Å². The summed E-state index contributed by atoms with van der Waals surface area (Å²) in [5.41, 5.74) is 2.79. The molecule has 0 saturated carbocycles. The van der Waals surface area contributed by atoms with E-state index in [-0.39, 0.29) is 30.5 Å². The first-order valence-corrected chi connectivity index (χ1v) is 9.43. The highest BCUT2D eigenvalue weighted by Gasteiger charge is 2.21. The van der Waals surface area contributed by atoms with Gasteiger partial charge in [0.05, 0.1) is 17.2 Å². The van der Waals surface area contributed by atoms with E-state index >= 15 is 0 Å². The fourth-order valence-electron chi connectivity index (χ4n) is 3.41. The molecular formula is C21H21N5O3. The minimum Gasteiger partial charge on any atom is -0.336 e. The predicted octanol–water partition coefficient (Wildman–Crippen LogP) is 2.26. The molecule has 0 spiro atoms. The van der Waals surface area contributed by atoms with Gasteiger partial charge in [-0.2, -0.15) is 0 Å². The second-order valence-electron chi connectivity index (χ2n) is 6.95. The van der Waals surface area contributed by atoms with Crippen molar-refractivity contribution in [2.45, 2.75) is 19.9 Å². The summed E-state index contributed by atoms with van der Waals surface area (Å²) in [5.74, 6) is -0.218. The Labute approximate surface area is 167 Å². The lowest BCUT2D eigenvalue weighted by atomic mass is 10.1. The average molecular weight is 391 g/mol. The van der Waals surface area contributed by atoms with E-state index in [4.69, 9.17) is 0 Å². The van der Waals surface area contributed by atoms with Crippen LogP contribution in [0.25, 0.3) is 10.9 Å². The lowest BCUT2D eigenvalue weighted by Crippen LogP contribution is -2.27. The Hall–Kier alpha value is -3.68. The van der Waals surface area contributed by atoms with E-state index < -0.39 is 0 Å². The third-order valence-electron chi connectivity index (χ3n) is 4.93. The third kappa shape index (κ3) is 3.82. The number of benzene rings is 2. The van der Waals surface area contributed by atoms with Crippen molar-refractivity contribution >= 4 is 34.2 Å². The number of urea groups is 1. The molecule has 8 nitrogen and oxygen atoms in total. The highest BCUT2D eigenvalue weighted by Crippen LogP contribution is 2.21. The van der Waals surface area contributed by atoms with Crippen LogP contribution in [0.3, 0.4) is 0 Å². The van der Waals surface area contributed by atoms with Gasteiger partial charge in [0.2, 0.25) is 5.91 Å². The smallest absolute Gasteiger partial charge is 0.321 e. The van der Waals surface area contributed by atoms with E-state index in [1.807, 2.05) is 25.1 Å². The SMILES string of the molecule is Cc1cccc2c(=O)n(CCC(=O)Nc3cccc(N4CCNC4=O)c3)cnc12. The van der Waals surface area contributed by atoms with Crippen LogP contribution in [0.15, 0.2) is 53.6 Å². The number of fused-ring (bicyclic) bond motifs is 1. The van der Waals surface area contributed by atoms with Gasteiger partial charge < -0.3 is 10.6 Å². The van der Waals surface area contributed by atoms with Crippen LogP contribution in [-0.2, 0) is 11.3 Å². The number of anilines is 2. The molecule has 1 aromatic heterocycles. The maximum absolute atomic E-state index is 12.6. The van der Waals surface area contributed by atoms with Crippen molar-refractivity contribution in [3.63, 3.8) is 0 Å². The number of amides is 3. The fourth-order valence-corrected chi connectivity index (χ4v) is 3.41. The van der Waals surface area contributed by atoms with Crippen molar-refractivity contribution in [3.05, 3.63) is 64.7 Å². The van der Waals surface area contributed by atoms with Crippen molar-refractivity contribution < 1.29 is 9.59 Å². The first kappa shape index (κ1) is 18.7. The molecule has 2 N–H and O–H groups in total. The molecule has 3 aromatic rings. The van der Waals surface area contributed by atoms with Crippen molar-refractivity contribution in [2.75, 3.05) is 23.3 Å². The number of nitrogens with one attached hydrogen (secondary N) is 2. The van der Waals surface area contributed by atoms with E-state index in [2.05, 4.69) is 15.6 Å². The maximum Gasteiger partial charge on any atom is 0.321 e. The molecule has 0 aliphatic carbocycles. The van der Waals surface area contributed by atoms with Crippen LogP contribution in [0.2, 0.25) is 0 Å². The first-order chi connectivity index (χ1) is 14.0. The molecule has 0 radical (unpaired) electrons. The van der Waals surface area contributed by atoms with E-state index in [0.717, 1.165) is 11.3 Å². The molecule has 0 atom stereocenters. The van der Waals surface area contributed by atoms with Gasteiger partial charge in [-0.3, -0.25) is 19.1 Å². The summed E-state index contributed by atoms with van der Waals surface area (Å²) >= 11 is 0. The van der Waals surface area contributed by atoms with Gasteiger partial charge >= 0.3 is 6.03 Å². The summed E-state index contributed by atoms with van der Waals surface area (Å²) in [6, 6.07) is 12.5. The average Bonchev–Trinajstić information content (AvgIpc) is 3.14. The Balaban J connectivity index is 1.43. The van der Waals surface area contributed by atoms with Gasteiger partial charge in [0.25, 0.3) is 5.56 Å². The zero-order chi connectivity index (χ0) is 20.4. The summed E-state index contributed by atoms with van der Waals surface area (Å²) in [4.78, 5) is 42.8. The van der Waals surface area contributed by atoms with Crippen LogP contribution in [0, 0.1) is 6.92 Å². The highest BCUT2D eigenvalue weighted by molar-refractivity contribution is 5.96. The molecule has 1 aliphatic rings. The number of nitrogens with zero attached hydrogens (tertiary/aromatic N) is 3. The Morgan fingerprint density at radius 1 is 1.21 bits per heavy atom. The molecule has 1 fully saturated rings. The molecule has 2 aromatic carbocycles. The first-order valence-electron chi connectivity index (χ1n) is 9.43. The summed E-state index contributed by atoms with van der Waals surface area (Å²) < 4.78 is 1.45. The summed E-state index contributed by atoms with van der Waals surface area (Å²) in [5, 5.41) is 6.12. The molecule has 2 heterocycles. The lowest BCUT2D eigenvalue weighted by Gasteiger charge is -2.15. The van der Waals surface area contributed by atoms with E-state index in [1.165, 1.54) is 10.9 Å². The molecule has 0 bridgehead atoms. The summed E-state index contributed by atoms with van der Waals surface area (Å²) in [6.07, 6.45) is 1.62. The Bertz CT molecular complexity index is 1150. The van der Waals surface area contributed by atoms with Crippen LogP contribution in [0.5, 0.6) is 0 Å². The summed E-state index contributed by atoms with van der Waals surface area (Å²) in [6.45, 7) is 3.33. The van der Waals surface area contributed by atoms with Crippen molar-refractivity contribution in [3.8, 4) is 0 Å². The Morgan fingerprint density at radius 3 is 2.83 bits per heavy atom. The molecule has 3 amide bonds. The Kier molecular flexibility index (Phi) is 4.99. The number of carbonyl (C=O) groups excluding carboxylic acids is 2. The molecule has 148 valence electrons. The van der Waals surface area contributed by atoms with Crippen molar-refractivity contribution in [1.29, 1.82) is 0 Å². The fraction of sp³-hybridized carbons (Fsp3) is 0.238. The van der Waals surface area contributed by atoms with Crippen LogP contribution >= 0.6 is 0 Å². The maximum atomic E-state index is 12.6. The third-order valence-corrected chi connectivity index (χ3v) is 4.93. The molecule has 29 heavy (non-hydrogen) atoms. The van der Waals surface area contributed by atoms with Crippen molar-refractivity contribution in [1.82, 2.24) is 14.9 Å². The van der Waals surface area contributed by atoms with Gasteiger partial charge in [-0.15, -0.1) is 0 Å². The molecule has 4 rings (SSSR count).